The average Bonchev–Trinajstić information content (AvgIpc) is 3.53. The maximum atomic E-state index is 13.7. The van der Waals surface area contributed by atoms with E-state index in [1.807, 2.05) is 61.5 Å². The standard InChI is InChI=1S/C30H36N2O6/c1-21-6-12-25(38-21)18-32(17-22-7-13-26-27(16-22)37-20-36-26)28(33)19-31(14-15-35-5)29(34)23-8-10-24(11-9-23)30(2,3)4/h6-13,16H,14-15,17-20H2,1-5H3. The molecule has 0 bridgehead atoms. The minimum atomic E-state index is -0.215. The van der Waals surface area contributed by atoms with E-state index in [2.05, 4.69) is 20.8 Å². The Morgan fingerprint density at radius 2 is 1.66 bits per heavy atom. The van der Waals surface area contributed by atoms with Gasteiger partial charge in [0.05, 0.1) is 13.2 Å². The van der Waals surface area contributed by atoms with E-state index in [9.17, 15) is 9.59 Å². The third kappa shape index (κ3) is 6.75. The summed E-state index contributed by atoms with van der Waals surface area (Å²) in [4.78, 5) is 30.4. The van der Waals surface area contributed by atoms with Crippen LogP contribution < -0.4 is 9.47 Å². The number of fused-ring (bicyclic) bond motifs is 1. The number of furan rings is 1. The SMILES string of the molecule is COCCN(CC(=O)N(Cc1ccc2c(c1)OCO2)Cc1ccc(C)o1)C(=O)c1ccc(C(C)(C)C)cc1. The first-order valence-electron chi connectivity index (χ1n) is 12.7. The zero-order chi connectivity index (χ0) is 27.3. The highest BCUT2D eigenvalue weighted by atomic mass is 16.7. The molecule has 3 aromatic rings. The third-order valence-electron chi connectivity index (χ3n) is 6.48. The van der Waals surface area contributed by atoms with Gasteiger partial charge < -0.3 is 28.4 Å². The van der Waals surface area contributed by atoms with Crippen molar-refractivity contribution in [1.29, 1.82) is 0 Å². The van der Waals surface area contributed by atoms with Crippen LogP contribution in [0.1, 0.15) is 53.8 Å². The van der Waals surface area contributed by atoms with E-state index in [4.69, 9.17) is 18.6 Å². The normalized spacial score (nSPS) is 12.4. The van der Waals surface area contributed by atoms with Gasteiger partial charge in [0.15, 0.2) is 11.5 Å². The molecule has 0 aliphatic carbocycles. The lowest BCUT2D eigenvalue weighted by Crippen LogP contribution is -2.43. The molecule has 0 N–H and O–H groups in total. The van der Waals surface area contributed by atoms with Crippen LogP contribution in [-0.4, -0.2) is 55.2 Å². The van der Waals surface area contributed by atoms with Crippen molar-refractivity contribution in [1.82, 2.24) is 9.80 Å². The lowest BCUT2D eigenvalue weighted by molar-refractivity contribution is -0.133. The first-order valence-corrected chi connectivity index (χ1v) is 12.7. The highest BCUT2D eigenvalue weighted by Crippen LogP contribution is 2.33. The Hall–Kier alpha value is -3.78. The molecule has 8 nitrogen and oxygen atoms in total. The second kappa shape index (κ2) is 11.7. The average molecular weight is 521 g/mol. The zero-order valence-corrected chi connectivity index (χ0v) is 22.8. The lowest BCUT2D eigenvalue weighted by Gasteiger charge is -2.28. The van der Waals surface area contributed by atoms with Crippen LogP contribution in [0.15, 0.2) is 59.0 Å². The van der Waals surface area contributed by atoms with E-state index in [1.165, 1.54) is 4.90 Å². The minimum absolute atomic E-state index is 0.0211. The molecule has 4 rings (SSSR count). The van der Waals surface area contributed by atoms with Crippen molar-refractivity contribution in [3.8, 4) is 11.5 Å². The topological polar surface area (TPSA) is 81.5 Å². The van der Waals surface area contributed by atoms with Crippen molar-refractivity contribution in [2.45, 2.75) is 46.2 Å². The Labute approximate surface area is 224 Å². The highest BCUT2D eigenvalue weighted by Gasteiger charge is 2.25. The van der Waals surface area contributed by atoms with E-state index in [1.54, 1.807) is 12.0 Å². The fraction of sp³-hybridized carbons (Fsp3) is 0.400. The van der Waals surface area contributed by atoms with Crippen LogP contribution in [0.5, 0.6) is 11.5 Å². The van der Waals surface area contributed by atoms with Gasteiger partial charge in [-0.05, 0) is 59.9 Å². The molecule has 0 saturated heterocycles. The van der Waals surface area contributed by atoms with Gasteiger partial charge in [0.1, 0.15) is 18.1 Å². The number of amides is 2. The Bertz CT molecular complexity index is 1260. The number of aryl methyl sites for hydroxylation is 1. The number of benzene rings is 2. The summed E-state index contributed by atoms with van der Waals surface area (Å²) < 4.78 is 21.9. The summed E-state index contributed by atoms with van der Waals surface area (Å²) in [7, 11) is 1.58. The van der Waals surface area contributed by atoms with E-state index in [0.29, 0.717) is 42.5 Å². The fourth-order valence-electron chi connectivity index (χ4n) is 4.26. The minimum Gasteiger partial charge on any atom is -0.464 e. The maximum Gasteiger partial charge on any atom is 0.254 e. The van der Waals surface area contributed by atoms with Gasteiger partial charge in [-0.3, -0.25) is 9.59 Å². The number of methoxy groups -OCH3 is 1. The quantitative estimate of drug-likeness (QED) is 0.377. The molecule has 8 heteroatoms. The molecule has 38 heavy (non-hydrogen) atoms. The molecule has 1 aliphatic heterocycles. The van der Waals surface area contributed by atoms with E-state index >= 15 is 0 Å². The Morgan fingerprint density at radius 1 is 0.921 bits per heavy atom. The van der Waals surface area contributed by atoms with Gasteiger partial charge in [0, 0.05) is 25.8 Å². The first kappa shape index (κ1) is 27.3. The Kier molecular flexibility index (Phi) is 8.42. The molecule has 0 radical (unpaired) electrons. The molecule has 0 atom stereocenters. The van der Waals surface area contributed by atoms with Gasteiger partial charge in [-0.2, -0.15) is 0 Å². The van der Waals surface area contributed by atoms with Crippen molar-refractivity contribution in [3.05, 3.63) is 82.8 Å². The molecular weight excluding hydrogens is 484 g/mol. The molecule has 0 saturated carbocycles. The van der Waals surface area contributed by atoms with Crippen molar-refractivity contribution in [3.63, 3.8) is 0 Å². The number of rotatable bonds is 10. The molecule has 1 aliphatic rings. The molecule has 2 heterocycles. The first-order chi connectivity index (χ1) is 18.1. The third-order valence-corrected chi connectivity index (χ3v) is 6.48. The van der Waals surface area contributed by atoms with E-state index in [0.717, 1.165) is 16.9 Å². The summed E-state index contributed by atoms with van der Waals surface area (Å²) >= 11 is 0. The van der Waals surface area contributed by atoms with Crippen LogP contribution in [0.25, 0.3) is 0 Å². The van der Waals surface area contributed by atoms with Gasteiger partial charge >= 0.3 is 0 Å². The highest BCUT2D eigenvalue weighted by molar-refractivity contribution is 5.96. The van der Waals surface area contributed by atoms with Crippen LogP contribution in [0, 0.1) is 6.92 Å². The number of hydrogen-bond donors (Lipinski definition) is 0. The van der Waals surface area contributed by atoms with Crippen molar-refractivity contribution in [2.75, 3.05) is 33.6 Å². The van der Waals surface area contributed by atoms with Crippen LogP contribution in [0.4, 0.5) is 0 Å². The van der Waals surface area contributed by atoms with Gasteiger partial charge in [0.25, 0.3) is 5.91 Å². The van der Waals surface area contributed by atoms with Crippen LogP contribution in [0.2, 0.25) is 0 Å². The van der Waals surface area contributed by atoms with Crippen molar-refractivity contribution in [2.24, 2.45) is 0 Å². The summed E-state index contributed by atoms with van der Waals surface area (Å²) in [5, 5.41) is 0. The van der Waals surface area contributed by atoms with Crippen LogP contribution >= 0.6 is 0 Å². The number of ether oxygens (including phenoxy) is 3. The summed E-state index contributed by atoms with van der Waals surface area (Å²) in [6.07, 6.45) is 0. The predicted octanol–water partition coefficient (Wildman–Crippen LogP) is 4.93. The molecule has 0 fully saturated rings. The smallest absolute Gasteiger partial charge is 0.254 e. The lowest BCUT2D eigenvalue weighted by atomic mass is 9.86. The van der Waals surface area contributed by atoms with Gasteiger partial charge in [0.2, 0.25) is 12.7 Å². The molecule has 202 valence electrons. The molecule has 2 amide bonds. The second-order valence-electron chi connectivity index (χ2n) is 10.5. The van der Waals surface area contributed by atoms with Gasteiger partial charge in [-0.15, -0.1) is 0 Å². The Morgan fingerprint density at radius 3 is 2.32 bits per heavy atom. The number of hydrogen-bond acceptors (Lipinski definition) is 6. The predicted molar refractivity (Wildman–Crippen MR) is 143 cm³/mol. The summed E-state index contributed by atoms with van der Waals surface area (Å²) in [5.41, 5.74) is 2.54. The molecule has 0 unspecified atom stereocenters. The molecular formula is C30H36N2O6. The largest absolute Gasteiger partial charge is 0.464 e. The van der Waals surface area contributed by atoms with Crippen molar-refractivity contribution < 1.29 is 28.2 Å². The number of nitrogens with zero attached hydrogens (tertiary/aromatic N) is 2. The molecule has 1 aromatic heterocycles. The van der Waals surface area contributed by atoms with Crippen molar-refractivity contribution >= 4 is 11.8 Å². The monoisotopic (exact) mass is 520 g/mol. The molecule has 0 spiro atoms. The number of carbonyl (C=O) groups excluding carboxylic acids is 2. The van der Waals surface area contributed by atoms with Gasteiger partial charge in [-0.1, -0.05) is 39.0 Å². The number of carbonyl (C=O) groups is 2. The summed E-state index contributed by atoms with van der Waals surface area (Å²) in [5.74, 6) is 2.36. The maximum absolute atomic E-state index is 13.7. The fourth-order valence-corrected chi connectivity index (χ4v) is 4.26. The molecule has 2 aromatic carbocycles. The van der Waals surface area contributed by atoms with E-state index in [-0.39, 0.29) is 37.1 Å². The van der Waals surface area contributed by atoms with E-state index < -0.39 is 0 Å². The summed E-state index contributed by atoms with van der Waals surface area (Å²) in [6, 6.07) is 16.9. The Balaban J connectivity index is 1.54. The summed E-state index contributed by atoms with van der Waals surface area (Å²) in [6.45, 7) is 9.54. The van der Waals surface area contributed by atoms with Gasteiger partial charge in [-0.25, -0.2) is 0 Å². The van der Waals surface area contributed by atoms with Crippen LogP contribution in [-0.2, 0) is 28.0 Å². The van der Waals surface area contributed by atoms with Crippen LogP contribution in [0.3, 0.4) is 0 Å². The second-order valence-corrected chi connectivity index (χ2v) is 10.5. The zero-order valence-electron chi connectivity index (χ0n) is 22.8.